The van der Waals surface area contributed by atoms with Gasteiger partial charge in [-0.05, 0) is 45.8 Å². The highest BCUT2D eigenvalue weighted by Gasteiger charge is 2.38. The van der Waals surface area contributed by atoms with E-state index in [1.807, 2.05) is 20.8 Å². The van der Waals surface area contributed by atoms with Gasteiger partial charge in [0.2, 0.25) is 0 Å². The van der Waals surface area contributed by atoms with Gasteiger partial charge in [0.1, 0.15) is 6.61 Å². The van der Waals surface area contributed by atoms with E-state index in [4.69, 9.17) is 27.9 Å². The van der Waals surface area contributed by atoms with Crippen LogP contribution in [0.3, 0.4) is 0 Å². The van der Waals surface area contributed by atoms with Gasteiger partial charge in [0.05, 0.1) is 24.5 Å². The van der Waals surface area contributed by atoms with Crippen LogP contribution in [0.1, 0.15) is 46.5 Å². The summed E-state index contributed by atoms with van der Waals surface area (Å²) in [5.41, 5.74) is -1.31. The summed E-state index contributed by atoms with van der Waals surface area (Å²) in [6, 6.07) is 0.711. The van der Waals surface area contributed by atoms with Gasteiger partial charge in [0.15, 0.2) is 0 Å². The third-order valence-corrected chi connectivity index (χ3v) is 9.46. The number of methoxy groups -OCH3 is 1. The van der Waals surface area contributed by atoms with Crippen molar-refractivity contribution in [1.82, 2.24) is 0 Å². The van der Waals surface area contributed by atoms with Gasteiger partial charge in [-0.15, -0.1) is 0 Å². The SMILES string of the molecule is COC(=O)C(C)(CCCC(C)(C)C(=O)OCCO)CSCCC[Si](OC)(OC)OC. The van der Waals surface area contributed by atoms with Gasteiger partial charge in [0.25, 0.3) is 0 Å². The smallest absolute Gasteiger partial charge is 0.469 e. The van der Waals surface area contributed by atoms with Crippen molar-refractivity contribution >= 4 is 32.5 Å². The summed E-state index contributed by atoms with van der Waals surface area (Å²) in [7, 11) is 3.63. The summed E-state index contributed by atoms with van der Waals surface area (Å²) < 4.78 is 26.4. The molecule has 0 heterocycles. The van der Waals surface area contributed by atoms with E-state index in [9.17, 15) is 9.59 Å². The maximum absolute atomic E-state index is 12.4. The first kappa shape index (κ1) is 29.3. The minimum absolute atomic E-state index is 0.00185. The molecule has 30 heavy (non-hydrogen) atoms. The molecule has 0 bridgehead atoms. The molecule has 0 aliphatic heterocycles. The molecule has 0 amide bonds. The number of aliphatic hydroxyl groups excluding tert-OH is 1. The molecule has 0 saturated carbocycles. The molecule has 1 N–H and O–H groups in total. The highest BCUT2D eigenvalue weighted by atomic mass is 32.2. The number of rotatable bonds is 17. The zero-order chi connectivity index (χ0) is 23.3. The maximum Gasteiger partial charge on any atom is 0.500 e. The number of aliphatic hydroxyl groups is 1. The summed E-state index contributed by atoms with van der Waals surface area (Å²) in [6.45, 7) is 5.34. The average molecular weight is 469 g/mol. The molecular weight excluding hydrogens is 428 g/mol. The minimum Gasteiger partial charge on any atom is -0.469 e. The van der Waals surface area contributed by atoms with Gasteiger partial charge in [-0.1, -0.05) is 6.42 Å². The summed E-state index contributed by atoms with van der Waals surface area (Å²) in [5.74, 6) is 0.880. The fourth-order valence-corrected chi connectivity index (χ4v) is 6.26. The molecule has 0 aromatic carbocycles. The van der Waals surface area contributed by atoms with E-state index in [1.165, 1.54) is 7.11 Å². The van der Waals surface area contributed by atoms with Gasteiger partial charge >= 0.3 is 20.7 Å². The Labute approximate surface area is 186 Å². The van der Waals surface area contributed by atoms with Crippen molar-refractivity contribution in [3.05, 3.63) is 0 Å². The van der Waals surface area contributed by atoms with Crippen LogP contribution in [0.15, 0.2) is 0 Å². The van der Waals surface area contributed by atoms with Gasteiger partial charge in [-0.2, -0.15) is 11.8 Å². The first-order valence-corrected chi connectivity index (χ1v) is 13.2. The summed E-state index contributed by atoms with van der Waals surface area (Å²) in [5, 5.41) is 8.81. The van der Waals surface area contributed by atoms with Gasteiger partial charge in [-0.3, -0.25) is 9.59 Å². The lowest BCUT2D eigenvalue weighted by Crippen LogP contribution is -2.42. The standard InChI is InChI=1S/C20H40O8SSi/c1-19(2,17(22)28-13-12-21)10-8-11-20(3,18(23)24-4)16-29-14-9-15-30(25-5,26-6)27-7/h21H,8-16H2,1-7H3. The van der Waals surface area contributed by atoms with Crippen LogP contribution in [0.5, 0.6) is 0 Å². The van der Waals surface area contributed by atoms with Gasteiger partial charge in [0, 0.05) is 33.1 Å². The van der Waals surface area contributed by atoms with Crippen LogP contribution >= 0.6 is 11.8 Å². The van der Waals surface area contributed by atoms with Crippen LogP contribution in [0.2, 0.25) is 6.04 Å². The highest BCUT2D eigenvalue weighted by Crippen LogP contribution is 2.34. The lowest BCUT2D eigenvalue weighted by molar-refractivity contribution is -0.155. The van der Waals surface area contributed by atoms with Crippen molar-refractivity contribution in [2.45, 2.75) is 52.5 Å². The molecule has 10 heteroatoms. The second-order valence-electron chi connectivity index (χ2n) is 8.10. The van der Waals surface area contributed by atoms with Crippen molar-refractivity contribution in [3.63, 3.8) is 0 Å². The number of ether oxygens (including phenoxy) is 2. The summed E-state index contributed by atoms with van der Waals surface area (Å²) in [6.07, 6.45) is 2.72. The molecule has 0 spiro atoms. The van der Waals surface area contributed by atoms with E-state index < -0.39 is 19.6 Å². The number of carbonyl (C=O) groups excluding carboxylic acids is 2. The highest BCUT2D eigenvalue weighted by molar-refractivity contribution is 7.99. The molecule has 0 fully saturated rings. The quantitative estimate of drug-likeness (QED) is 0.196. The molecule has 1 unspecified atom stereocenters. The van der Waals surface area contributed by atoms with E-state index >= 15 is 0 Å². The monoisotopic (exact) mass is 468 g/mol. The van der Waals surface area contributed by atoms with Crippen LogP contribution in [0, 0.1) is 10.8 Å². The van der Waals surface area contributed by atoms with E-state index in [0.717, 1.165) is 12.2 Å². The van der Waals surface area contributed by atoms with Crippen LogP contribution in [-0.4, -0.2) is 79.0 Å². The predicted octanol–water partition coefficient (Wildman–Crippen LogP) is 2.90. The zero-order valence-corrected chi connectivity index (χ0v) is 21.4. The molecule has 0 aliphatic carbocycles. The number of hydrogen-bond donors (Lipinski definition) is 1. The predicted molar refractivity (Wildman–Crippen MR) is 119 cm³/mol. The lowest BCUT2D eigenvalue weighted by atomic mass is 9.81. The maximum atomic E-state index is 12.4. The van der Waals surface area contributed by atoms with Crippen molar-refractivity contribution < 1.29 is 37.4 Å². The van der Waals surface area contributed by atoms with Crippen LogP contribution in [0.4, 0.5) is 0 Å². The Balaban J connectivity index is 4.64. The Morgan fingerprint density at radius 3 is 2.03 bits per heavy atom. The van der Waals surface area contributed by atoms with E-state index in [0.29, 0.717) is 31.1 Å². The third-order valence-electron chi connectivity index (χ3n) is 5.21. The molecular formula is C20H40O8SSi. The van der Waals surface area contributed by atoms with Crippen molar-refractivity contribution in [1.29, 1.82) is 0 Å². The Hall–Kier alpha value is -0.653. The molecule has 178 valence electrons. The molecule has 8 nitrogen and oxygen atoms in total. The van der Waals surface area contributed by atoms with Gasteiger partial charge in [-0.25, -0.2) is 0 Å². The summed E-state index contributed by atoms with van der Waals surface area (Å²) in [4.78, 5) is 24.5. The first-order chi connectivity index (χ1) is 14.1. The number of carbonyl (C=O) groups is 2. The molecule has 0 aromatic heterocycles. The van der Waals surface area contributed by atoms with Crippen molar-refractivity contribution in [2.75, 3.05) is 53.2 Å². The van der Waals surface area contributed by atoms with E-state index in [-0.39, 0.29) is 25.2 Å². The zero-order valence-electron chi connectivity index (χ0n) is 19.6. The number of thioether (sulfide) groups is 1. The van der Waals surface area contributed by atoms with Crippen LogP contribution < -0.4 is 0 Å². The fourth-order valence-electron chi connectivity index (χ4n) is 3.08. The Kier molecular flexibility index (Phi) is 14.1. The molecule has 0 saturated heterocycles. The van der Waals surface area contributed by atoms with Crippen molar-refractivity contribution in [2.24, 2.45) is 10.8 Å². The fraction of sp³-hybridized carbons (Fsp3) is 0.900. The number of esters is 2. The van der Waals surface area contributed by atoms with E-state index in [2.05, 4.69) is 0 Å². The van der Waals surface area contributed by atoms with Crippen molar-refractivity contribution in [3.8, 4) is 0 Å². The molecule has 0 radical (unpaired) electrons. The van der Waals surface area contributed by atoms with Crippen LogP contribution in [-0.2, 0) is 32.3 Å². The minimum atomic E-state index is -2.57. The largest absolute Gasteiger partial charge is 0.500 e. The normalized spacial score (nSPS) is 14.3. The van der Waals surface area contributed by atoms with Crippen LogP contribution in [0.25, 0.3) is 0 Å². The second-order valence-corrected chi connectivity index (χ2v) is 12.3. The third kappa shape index (κ3) is 9.65. The molecule has 0 aliphatic rings. The Morgan fingerprint density at radius 1 is 0.933 bits per heavy atom. The molecule has 0 aromatic rings. The molecule has 1 atom stereocenters. The first-order valence-electron chi connectivity index (χ1n) is 10.2. The Morgan fingerprint density at radius 2 is 1.53 bits per heavy atom. The van der Waals surface area contributed by atoms with E-state index in [1.54, 1.807) is 33.1 Å². The number of hydrogen-bond acceptors (Lipinski definition) is 9. The Bertz CT molecular complexity index is 505. The lowest BCUT2D eigenvalue weighted by Gasteiger charge is -2.29. The average Bonchev–Trinajstić information content (AvgIpc) is 2.74. The second kappa shape index (κ2) is 14.4. The topological polar surface area (TPSA) is 101 Å². The summed E-state index contributed by atoms with van der Waals surface area (Å²) >= 11 is 1.69. The van der Waals surface area contributed by atoms with Gasteiger partial charge < -0.3 is 27.9 Å². The molecule has 0 rings (SSSR count).